The number of carbonyl (C=O) groups is 2. The molecule has 4 N–H and O–H groups in total. The molecule has 3 rings (SSSR count). The van der Waals surface area contributed by atoms with E-state index in [9.17, 15) is 9.59 Å². The number of nitrogens with one attached hydrogen (secondary N) is 2. The molecule has 2 aromatic carbocycles. The highest BCUT2D eigenvalue weighted by molar-refractivity contribution is 8.08. The van der Waals surface area contributed by atoms with Gasteiger partial charge >= 0.3 is 6.09 Å². The van der Waals surface area contributed by atoms with Gasteiger partial charge in [0, 0.05) is 22.8 Å². The summed E-state index contributed by atoms with van der Waals surface area (Å²) in [6.07, 6.45) is 2.81. The van der Waals surface area contributed by atoms with E-state index in [4.69, 9.17) is 10.5 Å². The van der Waals surface area contributed by atoms with Crippen LogP contribution in [-0.2, 0) is 11.3 Å². The Morgan fingerprint density at radius 1 is 1.17 bits per heavy atom. The van der Waals surface area contributed by atoms with Crippen molar-refractivity contribution in [2.75, 3.05) is 23.4 Å². The zero-order chi connectivity index (χ0) is 21.5. The molecule has 30 heavy (non-hydrogen) atoms. The van der Waals surface area contributed by atoms with Gasteiger partial charge in [0.2, 0.25) is 0 Å². The minimum Gasteiger partial charge on any atom is -0.449 e. The van der Waals surface area contributed by atoms with Gasteiger partial charge in [0.15, 0.2) is 0 Å². The molecule has 0 aromatic heterocycles. The maximum absolute atomic E-state index is 12.6. The van der Waals surface area contributed by atoms with E-state index in [2.05, 4.69) is 16.7 Å². The van der Waals surface area contributed by atoms with Crippen molar-refractivity contribution in [1.29, 1.82) is 0 Å². The van der Waals surface area contributed by atoms with Gasteiger partial charge in [0.05, 0.1) is 18.0 Å². The first-order valence-corrected chi connectivity index (χ1v) is 10.9. The Kier molecular flexibility index (Phi) is 7.41. The molecule has 0 saturated carbocycles. The van der Waals surface area contributed by atoms with Crippen LogP contribution in [0.4, 0.5) is 16.2 Å². The van der Waals surface area contributed by atoms with Crippen molar-refractivity contribution in [3.8, 4) is 0 Å². The summed E-state index contributed by atoms with van der Waals surface area (Å²) in [5.74, 6) is 1.14. The molecule has 0 bridgehead atoms. The van der Waals surface area contributed by atoms with Crippen LogP contribution in [0, 0.1) is 5.92 Å². The Morgan fingerprint density at radius 3 is 2.60 bits per heavy atom. The molecule has 0 aliphatic carbocycles. The van der Waals surface area contributed by atoms with Crippen LogP contribution >= 0.6 is 11.8 Å². The van der Waals surface area contributed by atoms with E-state index in [0.29, 0.717) is 30.1 Å². The minimum absolute atomic E-state index is 0.234. The molecule has 7 heteroatoms. The smallest absolute Gasteiger partial charge is 0.407 e. The van der Waals surface area contributed by atoms with Gasteiger partial charge in [-0.05, 0) is 47.7 Å². The van der Waals surface area contributed by atoms with Crippen molar-refractivity contribution in [1.82, 2.24) is 5.32 Å². The van der Waals surface area contributed by atoms with Gasteiger partial charge in [-0.15, -0.1) is 11.8 Å². The van der Waals surface area contributed by atoms with Gasteiger partial charge in [-0.3, -0.25) is 4.79 Å². The molecule has 2 aromatic rings. The minimum atomic E-state index is -0.448. The number of hydrogen-bond acceptors (Lipinski definition) is 5. The van der Waals surface area contributed by atoms with Crippen molar-refractivity contribution in [2.45, 2.75) is 26.8 Å². The second-order valence-electron chi connectivity index (χ2n) is 7.50. The predicted octanol–water partition coefficient (Wildman–Crippen LogP) is 4.88. The Labute approximate surface area is 181 Å². The molecule has 0 unspecified atom stereocenters. The lowest BCUT2D eigenvalue weighted by atomic mass is 10.1. The van der Waals surface area contributed by atoms with Gasteiger partial charge in [-0.25, -0.2) is 4.79 Å². The number of nitrogen functional groups attached to an aromatic ring is 1. The van der Waals surface area contributed by atoms with Crippen molar-refractivity contribution >= 4 is 40.0 Å². The third-order valence-electron chi connectivity index (χ3n) is 4.49. The topological polar surface area (TPSA) is 93.4 Å². The van der Waals surface area contributed by atoms with E-state index in [1.807, 2.05) is 32.0 Å². The van der Waals surface area contributed by atoms with Gasteiger partial charge in [-0.2, -0.15) is 0 Å². The number of anilines is 2. The first-order chi connectivity index (χ1) is 14.4. The summed E-state index contributed by atoms with van der Waals surface area (Å²) < 4.78 is 5.08. The molecule has 0 fully saturated rings. The van der Waals surface area contributed by atoms with E-state index in [-0.39, 0.29) is 11.8 Å². The number of benzene rings is 2. The average molecular weight is 426 g/mol. The van der Waals surface area contributed by atoms with E-state index in [0.717, 1.165) is 23.3 Å². The largest absolute Gasteiger partial charge is 0.449 e. The summed E-state index contributed by atoms with van der Waals surface area (Å²) in [5.41, 5.74) is 9.63. The fourth-order valence-electron chi connectivity index (χ4n) is 2.87. The monoisotopic (exact) mass is 425 g/mol. The summed E-state index contributed by atoms with van der Waals surface area (Å²) >= 11 is 1.81. The lowest BCUT2D eigenvalue weighted by molar-refractivity contribution is 0.102. The second-order valence-corrected chi connectivity index (χ2v) is 8.64. The molecule has 6 nitrogen and oxygen atoms in total. The molecular weight excluding hydrogens is 398 g/mol. The number of ether oxygens (including phenoxy) is 1. The lowest BCUT2D eigenvalue weighted by Crippen LogP contribution is -2.25. The van der Waals surface area contributed by atoms with Crippen molar-refractivity contribution in [2.24, 2.45) is 5.92 Å². The maximum atomic E-state index is 12.6. The van der Waals surface area contributed by atoms with Gasteiger partial charge in [0.1, 0.15) is 0 Å². The lowest BCUT2D eigenvalue weighted by Gasteiger charge is -2.12. The van der Waals surface area contributed by atoms with Crippen LogP contribution in [0.15, 0.2) is 48.5 Å². The Bertz CT molecular complexity index is 939. The van der Waals surface area contributed by atoms with E-state index in [1.54, 1.807) is 36.0 Å². The second kappa shape index (κ2) is 10.2. The number of carbonyl (C=O) groups excluding carboxylic acids is 2. The maximum Gasteiger partial charge on any atom is 0.407 e. The number of thioether (sulfide) groups is 1. The quantitative estimate of drug-likeness (QED) is 0.550. The third kappa shape index (κ3) is 6.03. The van der Waals surface area contributed by atoms with Crippen molar-refractivity contribution in [3.05, 3.63) is 65.2 Å². The molecule has 0 saturated heterocycles. The number of amides is 2. The summed E-state index contributed by atoms with van der Waals surface area (Å²) in [6.45, 7) is 4.67. The molecule has 158 valence electrons. The highest BCUT2D eigenvalue weighted by atomic mass is 32.2. The molecular formula is C23H27N3O3S. The molecule has 1 aliphatic heterocycles. The first kappa shape index (κ1) is 21.8. The van der Waals surface area contributed by atoms with Crippen LogP contribution in [-0.4, -0.2) is 24.4 Å². The van der Waals surface area contributed by atoms with Crippen LogP contribution in [0.5, 0.6) is 0 Å². The normalized spacial score (nSPS) is 13.1. The third-order valence-corrected chi connectivity index (χ3v) is 5.65. The molecule has 0 atom stereocenters. The average Bonchev–Trinajstić information content (AvgIpc) is 3.27. The van der Waals surface area contributed by atoms with Crippen LogP contribution in [0.25, 0.3) is 4.91 Å². The molecule has 2 amide bonds. The number of hydrogen-bond donors (Lipinski definition) is 3. The first-order valence-electron chi connectivity index (χ1n) is 9.96. The summed E-state index contributed by atoms with van der Waals surface area (Å²) in [5, 5.41) is 5.59. The van der Waals surface area contributed by atoms with Gasteiger partial charge < -0.3 is 21.1 Å². The fourth-order valence-corrected chi connectivity index (χ4v) is 3.86. The highest BCUT2D eigenvalue weighted by Gasteiger charge is 2.13. The standard InChI is InChI=1S/C23H27N3O3S/c1-15(2)14-29-23(28)25-13-16-5-7-17(8-6-16)22(27)26-20-12-18(9-10-19(20)24)21-4-3-11-30-21/h4-10,12,15H,3,11,13-14,24H2,1-2H3,(H,25,28)(H,26,27). The Balaban J connectivity index is 1.58. The van der Waals surface area contributed by atoms with Crippen LogP contribution in [0.3, 0.4) is 0 Å². The number of nitrogens with two attached hydrogens (primary N) is 1. The molecule has 0 spiro atoms. The number of rotatable bonds is 7. The highest BCUT2D eigenvalue weighted by Crippen LogP contribution is 2.36. The van der Waals surface area contributed by atoms with Gasteiger partial charge in [-0.1, -0.05) is 38.1 Å². The molecule has 0 radical (unpaired) electrons. The van der Waals surface area contributed by atoms with Crippen molar-refractivity contribution < 1.29 is 14.3 Å². The van der Waals surface area contributed by atoms with E-state index < -0.39 is 6.09 Å². The zero-order valence-electron chi connectivity index (χ0n) is 17.2. The molecule has 1 heterocycles. The van der Waals surface area contributed by atoms with Gasteiger partial charge in [0.25, 0.3) is 5.91 Å². The Hall–Kier alpha value is -2.93. The van der Waals surface area contributed by atoms with E-state index in [1.165, 1.54) is 4.91 Å². The van der Waals surface area contributed by atoms with Crippen LogP contribution in [0.1, 0.15) is 41.8 Å². The SMILES string of the molecule is CC(C)COC(=O)NCc1ccc(C(=O)Nc2cc(C3=CCCS3)ccc2N)cc1. The summed E-state index contributed by atoms with van der Waals surface area (Å²) in [7, 11) is 0. The van der Waals surface area contributed by atoms with Crippen LogP contribution < -0.4 is 16.4 Å². The van der Waals surface area contributed by atoms with Crippen molar-refractivity contribution in [3.63, 3.8) is 0 Å². The zero-order valence-corrected chi connectivity index (χ0v) is 18.1. The Morgan fingerprint density at radius 2 is 1.93 bits per heavy atom. The predicted molar refractivity (Wildman–Crippen MR) is 123 cm³/mol. The summed E-state index contributed by atoms with van der Waals surface area (Å²) in [6, 6.07) is 12.8. The summed E-state index contributed by atoms with van der Waals surface area (Å²) in [4.78, 5) is 25.5. The fraction of sp³-hybridized carbons (Fsp3) is 0.304. The van der Waals surface area contributed by atoms with E-state index >= 15 is 0 Å². The van der Waals surface area contributed by atoms with Crippen LogP contribution in [0.2, 0.25) is 0 Å². The number of allylic oxidation sites excluding steroid dienone is 1. The number of alkyl carbamates (subject to hydrolysis) is 1. The molecule has 1 aliphatic rings.